The third kappa shape index (κ3) is 3.09. The number of halogens is 4. The molecule has 0 aromatic heterocycles. The summed E-state index contributed by atoms with van der Waals surface area (Å²) in [7, 11) is 0. The van der Waals surface area contributed by atoms with Gasteiger partial charge in [0.2, 0.25) is 0 Å². The van der Waals surface area contributed by atoms with Crippen LogP contribution in [0.2, 0.25) is 0 Å². The molecule has 0 saturated carbocycles. The Morgan fingerprint density at radius 2 is 1.95 bits per heavy atom. The summed E-state index contributed by atoms with van der Waals surface area (Å²) in [5.74, 6) is -1.19. The Balaban J connectivity index is 2.14. The maximum absolute atomic E-state index is 13.2. The molecule has 1 aromatic carbocycles. The lowest BCUT2D eigenvalue weighted by atomic mass is 10.1. The number of carbonyl (C=O) groups excluding carboxylic acids is 1. The van der Waals surface area contributed by atoms with Crippen LogP contribution in [0.1, 0.15) is 16.8 Å². The fraction of sp³-hybridized carbons (Fsp3) is 0.308. The van der Waals surface area contributed by atoms with Gasteiger partial charge in [0.25, 0.3) is 5.91 Å². The van der Waals surface area contributed by atoms with Crippen LogP contribution in [0.25, 0.3) is 0 Å². The number of nitrogens with two attached hydrogens (primary N) is 1. The first-order chi connectivity index (χ1) is 9.27. The van der Waals surface area contributed by atoms with E-state index in [1.807, 2.05) is 0 Å². The van der Waals surface area contributed by atoms with Crippen LogP contribution in [0, 0.1) is 5.82 Å². The minimum atomic E-state index is -4.36. The van der Waals surface area contributed by atoms with Gasteiger partial charge in [-0.3, -0.25) is 4.79 Å². The van der Waals surface area contributed by atoms with E-state index in [1.165, 1.54) is 11.0 Å². The van der Waals surface area contributed by atoms with Crippen molar-refractivity contribution in [2.45, 2.75) is 12.6 Å². The van der Waals surface area contributed by atoms with Crippen LogP contribution in [-0.2, 0) is 0 Å². The minimum Gasteiger partial charge on any atom is -0.399 e. The van der Waals surface area contributed by atoms with E-state index in [1.54, 1.807) is 0 Å². The van der Waals surface area contributed by atoms with E-state index < -0.39 is 23.5 Å². The quantitative estimate of drug-likeness (QED) is 0.490. The molecule has 0 saturated heterocycles. The molecule has 0 unspecified atom stereocenters. The van der Waals surface area contributed by atoms with Gasteiger partial charge in [0, 0.05) is 29.9 Å². The number of nitrogens with zero attached hydrogens (tertiary/aromatic N) is 1. The van der Waals surface area contributed by atoms with Gasteiger partial charge in [-0.25, -0.2) is 4.39 Å². The van der Waals surface area contributed by atoms with Crippen molar-refractivity contribution in [2.24, 2.45) is 0 Å². The minimum absolute atomic E-state index is 0.0337. The maximum atomic E-state index is 13.2. The van der Waals surface area contributed by atoms with Gasteiger partial charge in [0.05, 0.1) is 0 Å². The third-order valence-electron chi connectivity index (χ3n) is 3.03. The Labute approximate surface area is 112 Å². The molecule has 7 heteroatoms. The first-order valence-corrected chi connectivity index (χ1v) is 5.89. The van der Waals surface area contributed by atoms with Crippen LogP contribution >= 0.6 is 0 Å². The van der Waals surface area contributed by atoms with Crippen molar-refractivity contribution in [2.75, 3.05) is 18.8 Å². The highest BCUT2D eigenvalue weighted by atomic mass is 19.4. The Bertz CT molecular complexity index is 546. The van der Waals surface area contributed by atoms with Gasteiger partial charge in [-0.1, -0.05) is 6.08 Å². The summed E-state index contributed by atoms with van der Waals surface area (Å²) < 4.78 is 50.5. The normalized spacial score (nSPS) is 16.0. The number of rotatable bonds is 1. The number of nitrogen functional groups attached to an aromatic ring is 1. The highest BCUT2D eigenvalue weighted by Crippen LogP contribution is 2.30. The smallest absolute Gasteiger partial charge is 0.399 e. The van der Waals surface area contributed by atoms with Crippen molar-refractivity contribution >= 4 is 11.6 Å². The molecule has 0 bridgehead atoms. The van der Waals surface area contributed by atoms with Crippen molar-refractivity contribution in [1.29, 1.82) is 0 Å². The average molecular weight is 288 g/mol. The summed E-state index contributed by atoms with van der Waals surface area (Å²) in [5, 5.41) is 0. The largest absolute Gasteiger partial charge is 0.412 e. The molecule has 1 amide bonds. The van der Waals surface area contributed by atoms with E-state index in [0.717, 1.165) is 18.2 Å². The monoisotopic (exact) mass is 288 g/mol. The van der Waals surface area contributed by atoms with Crippen molar-refractivity contribution < 1.29 is 22.4 Å². The molecule has 2 rings (SSSR count). The van der Waals surface area contributed by atoms with Crippen LogP contribution < -0.4 is 5.73 Å². The van der Waals surface area contributed by atoms with E-state index in [-0.39, 0.29) is 30.8 Å². The summed E-state index contributed by atoms with van der Waals surface area (Å²) >= 11 is 0. The Morgan fingerprint density at radius 3 is 2.45 bits per heavy atom. The fourth-order valence-corrected chi connectivity index (χ4v) is 2.03. The SMILES string of the molecule is Nc1cc(F)cc(C(=O)N2CC=C(C(F)(F)F)CC2)c1. The van der Waals surface area contributed by atoms with E-state index in [4.69, 9.17) is 5.73 Å². The van der Waals surface area contributed by atoms with Crippen molar-refractivity contribution in [1.82, 2.24) is 4.90 Å². The lowest BCUT2D eigenvalue weighted by Crippen LogP contribution is -2.36. The summed E-state index contributed by atoms with van der Waals surface area (Å²) in [4.78, 5) is 13.3. The van der Waals surface area contributed by atoms with E-state index in [0.29, 0.717) is 0 Å². The van der Waals surface area contributed by atoms with Crippen molar-refractivity contribution in [3.05, 3.63) is 41.2 Å². The van der Waals surface area contributed by atoms with E-state index >= 15 is 0 Å². The lowest BCUT2D eigenvalue weighted by Gasteiger charge is -2.27. The first-order valence-electron chi connectivity index (χ1n) is 5.89. The predicted octanol–water partition coefficient (Wildman–Crippen LogP) is 2.74. The third-order valence-corrected chi connectivity index (χ3v) is 3.03. The molecule has 108 valence electrons. The van der Waals surface area contributed by atoms with Gasteiger partial charge in [-0.15, -0.1) is 0 Å². The van der Waals surface area contributed by atoms with Gasteiger partial charge >= 0.3 is 6.18 Å². The Kier molecular flexibility index (Phi) is 3.69. The van der Waals surface area contributed by atoms with Gasteiger partial charge in [-0.05, 0) is 24.6 Å². The highest BCUT2D eigenvalue weighted by molar-refractivity contribution is 5.95. The second-order valence-electron chi connectivity index (χ2n) is 4.50. The molecule has 20 heavy (non-hydrogen) atoms. The standard InChI is InChI=1S/C13H12F4N2O/c14-10-5-8(6-11(18)7-10)12(20)19-3-1-9(2-4-19)13(15,16)17/h1,5-7H,2-4,18H2. The zero-order chi connectivity index (χ0) is 14.9. The van der Waals surface area contributed by atoms with Crippen molar-refractivity contribution in [3.63, 3.8) is 0 Å². The number of hydrogen-bond acceptors (Lipinski definition) is 2. The van der Waals surface area contributed by atoms with E-state index in [9.17, 15) is 22.4 Å². The summed E-state index contributed by atoms with van der Waals surface area (Å²) in [6, 6.07) is 3.38. The van der Waals surface area contributed by atoms with Gasteiger partial charge in [-0.2, -0.15) is 13.2 Å². The number of anilines is 1. The molecular formula is C13H12F4N2O. The second-order valence-corrected chi connectivity index (χ2v) is 4.50. The molecule has 0 spiro atoms. The van der Waals surface area contributed by atoms with Crippen LogP contribution in [0.5, 0.6) is 0 Å². The average Bonchev–Trinajstić information content (AvgIpc) is 2.36. The van der Waals surface area contributed by atoms with Crippen LogP contribution in [0.4, 0.5) is 23.2 Å². The number of amides is 1. The van der Waals surface area contributed by atoms with Crippen LogP contribution in [0.15, 0.2) is 29.8 Å². The fourth-order valence-electron chi connectivity index (χ4n) is 2.03. The number of alkyl halides is 3. The molecule has 1 aromatic rings. The molecule has 1 aliphatic heterocycles. The molecule has 3 nitrogen and oxygen atoms in total. The Hall–Kier alpha value is -2.05. The summed E-state index contributed by atoms with van der Waals surface area (Å²) in [5.41, 5.74) is 4.92. The number of hydrogen-bond donors (Lipinski definition) is 1. The first kappa shape index (κ1) is 14.4. The molecule has 1 aliphatic rings. The van der Waals surface area contributed by atoms with Crippen LogP contribution in [0.3, 0.4) is 0 Å². The topological polar surface area (TPSA) is 46.3 Å². The zero-order valence-corrected chi connectivity index (χ0v) is 10.4. The molecule has 0 atom stereocenters. The molecule has 1 heterocycles. The highest BCUT2D eigenvalue weighted by Gasteiger charge is 2.35. The molecular weight excluding hydrogens is 276 g/mol. The van der Waals surface area contributed by atoms with Gasteiger partial charge < -0.3 is 10.6 Å². The maximum Gasteiger partial charge on any atom is 0.412 e. The Morgan fingerprint density at radius 1 is 1.25 bits per heavy atom. The molecule has 2 N–H and O–H groups in total. The zero-order valence-electron chi connectivity index (χ0n) is 10.4. The molecule has 0 fully saturated rings. The molecule has 0 radical (unpaired) electrons. The number of carbonyl (C=O) groups is 1. The predicted molar refractivity (Wildman–Crippen MR) is 65.5 cm³/mol. The lowest BCUT2D eigenvalue weighted by molar-refractivity contribution is -0.0957. The van der Waals surface area contributed by atoms with E-state index in [2.05, 4.69) is 0 Å². The summed E-state index contributed by atoms with van der Waals surface area (Å²) in [6.07, 6.45) is -3.65. The second kappa shape index (κ2) is 5.15. The van der Waals surface area contributed by atoms with Gasteiger partial charge in [0.1, 0.15) is 5.82 Å². The van der Waals surface area contributed by atoms with Crippen molar-refractivity contribution in [3.8, 4) is 0 Å². The number of benzene rings is 1. The van der Waals surface area contributed by atoms with Crippen LogP contribution in [-0.4, -0.2) is 30.1 Å². The molecule has 0 aliphatic carbocycles. The summed E-state index contributed by atoms with van der Waals surface area (Å²) in [6.45, 7) is -0.204. The van der Waals surface area contributed by atoms with Gasteiger partial charge in [0.15, 0.2) is 0 Å².